The first-order valence-electron chi connectivity index (χ1n) is 8.18. The molecule has 2 rings (SSSR count). The van der Waals surface area contributed by atoms with Crippen LogP contribution in [0.4, 0.5) is 0 Å². The highest BCUT2D eigenvalue weighted by molar-refractivity contribution is 4.98. The van der Waals surface area contributed by atoms with E-state index in [0.717, 1.165) is 18.5 Å². The summed E-state index contributed by atoms with van der Waals surface area (Å²) in [7, 11) is 0. The van der Waals surface area contributed by atoms with Gasteiger partial charge in [0.15, 0.2) is 0 Å². The summed E-state index contributed by atoms with van der Waals surface area (Å²) in [4.78, 5) is 2.84. The first-order chi connectivity index (χ1) is 8.72. The number of hydrogen-bond donors (Lipinski definition) is 1. The maximum atomic E-state index is 6.26. The summed E-state index contributed by atoms with van der Waals surface area (Å²) >= 11 is 0. The number of hydrogen-bond acceptors (Lipinski definition) is 2. The Morgan fingerprint density at radius 1 is 1.17 bits per heavy atom. The zero-order chi connectivity index (χ0) is 13.0. The van der Waals surface area contributed by atoms with Gasteiger partial charge in [-0.15, -0.1) is 0 Å². The van der Waals surface area contributed by atoms with Crippen molar-refractivity contribution in [3.63, 3.8) is 0 Å². The van der Waals surface area contributed by atoms with Crippen molar-refractivity contribution in [2.45, 2.75) is 83.2 Å². The third-order valence-corrected chi connectivity index (χ3v) is 5.41. The second kappa shape index (κ2) is 6.38. The van der Waals surface area contributed by atoms with Gasteiger partial charge in [0.1, 0.15) is 0 Å². The molecule has 106 valence electrons. The zero-order valence-electron chi connectivity index (χ0n) is 12.5. The standard InChI is InChI=1S/C16H32N2/c1-3-15-9-5-4-6-11-18(15)16(13-17)10-7-8-14(2)12-16/h14-15H,3-13,17H2,1-2H3. The van der Waals surface area contributed by atoms with Crippen LogP contribution < -0.4 is 5.73 Å². The molecule has 3 unspecified atom stereocenters. The summed E-state index contributed by atoms with van der Waals surface area (Å²) in [6, 6.07) is 0.793. The highest BCUT2D eigenvalue weighted by Gasteiger charge is 2.41. The topological polar surface area (TPSA) is 29.3 Å². The van der Waals surface area contributed by atoms with Crippen LogP contribution in [0.3, 0.4) is 0 Å². The monoisotopic (exact) mass is 252 g/mol. The molecule has 1 saturated heterocycles. The lowest BCUT2D eigenvalue weighted by atomic mass is 9.74. The van der Waals surface area contributed by atoms with Gasteiger partial charge in [-0.1, -0.05) is 39.5 Å². The maximum absolute atomic E-state index is 6.26. The largest absolute Gasteiger partial charge is 0.329 e. The molecule has 1 heterocycles. The molecule has 2 nitrogen and oxygen atoms in total. The minimum atomic E-state index is 0.336. The van der Waals surface area contributed by atoms with E-state index in [1.165, 1.54) is 64.3 Å². The summed E-state index contributed by atoms with van der Waals surface area (Å²) in [6.45, 7) is 6.94. The SMILES string of the molecule is CCC1CCCCCN1C1(CN)CCCC(C)C1. The number of nitrogens with zero attached hydrogens (tertiary/aromatic N) is 1. The molecular formula is C16H32N2. The van der Waals surface area contributed by atoms with Gasteiger partial charge in [0.05, 0.1) is 0 Å². The lowest BCUT2D eigenvalue weighted by Crippen LogP contribution is -2.59. The Hall–Kier alpha value is -0.0800. The second-order valence-corrected chi connectivity index (χ2v) is 6.73. The van der Waals surface area contributed by atoms with Gasteiger partial charge in [-0.2, -0.15) is 0 Å². The molecule has 1 saturated carbocycles. The molecule has 18 heavy (non-hydrogen) atoms. The average molecular weight is 252 g/mol. The fraction of sp³-hybridized carbons (Fsp3) is 1.00. The van der Waals surface area contributed by atoms with Gasteiger partial charge in [-0.3, -0.25) is 4.90 Å². The lowest BCUT2D eigenvalue weighted by Gasteiger charge is -2.50. The van der Waals surface area contributed by atoms with Gasteiger partial charge in [-0.05, 0) is 44.6 Å². The Kier molecular flexibility index (Phi) is 5.08. The molecule has 2 N–H and O–H groups in total. The van der Waals surface area contributed by atoms with Crippen molar-refractivity contribution in [1.29, 1.82) is 0 Å². The highest BCUT2D eigenvalue weighted by Crippen LogP contribution is 2.39. The molecule has 0 aromatic carbocycles. The molecule has 0 aromatic heterocycles. The van der Waals surface area contributed by atoms with Crippen LogP contribution in [-0.2, 0) is 0 Å². The van der Waals surface area contributed by atoms with Gasteiger partial charge in [0, 0.05) is 18.1 Å². The summed E-state index contributed by atoms with van der Waals surface area (Å²) in [5, 5.41) is 0. The molecule has 1 aliphatic carbocycles. The number of rotatable bonds is 3. The van der Waals surface area contributed by atoms with E-state index in [0.29, 0.717) is 5.54 Å². The van der Waals surface area contributed by atoms with Gasteiger partial charge in [-0.25, -0.2) is 0 Å². The third-order valence-electron chi connectivity index (χ3n) is 5.41. The van der Waals surface area contributed by atoms with Crippen molar-refractivity contribution in [2.75, 3.05) is 13.1 Å². The van der Waals surface area contributed by atoms with Gasteiger partial charge in [0.2, 0.25) is 0 Å². The third kappa shape index (κ3) is 2.91. The smallest absolute Gasteiger partial charge is 0.0337 e. The molecule has 2 heteroatoms. The van der Waals surface area contributed by atoms with Crippen molar-refractivity contribution in [3.8, 4) is 0 Å². The molecule has 2 aliphatic rings. The molecule has 0 spiro atoms. The molecule has 0 aromatic rings. The Balaban J connectivity index is 2.17. The van der Waals surface area contributed by atoms with E-state index in [-0.39, 0.29) is 0 Å². The molecule has 0 radical (unpaired) electrons. The normalized spacial score (nSPS) is 39.5. The molecule has 0 bridgehead atoms. The summed E-state index contributed by atoms with van der Waals surface area (Å²) < 4.78 is 0. The van der Waals surface area contributed by atoms with Gasteiger partial charge >= 0.3 is 0 Å². The van der Waals surface area contributed by atoms with E-state index in [1.54, 1.807) is 0 Å². The summed E-state index contributed by atoms with van der Waals surface area (Å²) in [5.74, 6) is 0.864. The van der Waals surface area contributed by atoms with Crippen LogP contribution in [0.2, 0.25) is 0 Å². The van der Waals surface area contributed by atoms with Crippen molar-refractivity contribution in [3.05, 3.63) is 0 Å². The number of likely N-dealkylation sites (tertiary alicyclic amines) is 1. The Morgan fingerprint density at radius 2 is 2.00 bits per heavy atom. The van der Waals surface area contributed by atoms with E-state index in [2.05, 4.69) is 18.7 Å². The van der Waals surface area contributed by atoms with E-state index in [4.69, 9.17) is 5.73 Å². The predicted octanol–water partition coefficient (Wildman–Crippen LogP) is 3.55. The van der Waals surface area contributed by atoms with Crippen LogP contribution in [0.1, 0.15) is 71.6 Å². The Morgan fingerprint density at radius 3 is 2.67 bits per heavy atom. The van der Waals surface area contributed by atoms with Gasteiger partial charge < -0.3 is 5.73 Å². The average Bonchev–Trinajstić information content (AvgIpc) is 2.63. The van der Waals surface area contributed by atoms with Crippen LogP contribution in [0.15, 0.2) is 0 Å². The van der Waals surface area contributed by atoms with E-state index in [9.17, 15) is 0 Å². The van der Waals surface area contributed by atoms with Crippen LogP contribution in [0.5, 0.6) is 0 Å². The van der Waals surface area contributed by atoms with Crippen molar-refractivity contribution >= 4 is 0 Å². The fourth-order valence-electron chi connectivity index (χ4n) is 4.42. The van der Waals surface area contributed by atoms with Crippen molar-refractivity contribution in [2.24, 2.45) is 11.7 Å². The minimum absolute atomic E-state index is 0.336. The maximum Gasteiger partial charge on any atom is 0.0337 e. The lowest BCUT2D eigenvalue weighted by molar-refractivity contribution is 0.00484. The molecule has 2 fully saturated rings. The molecule has 0 amide bonds. The predicted molar refractivity (Wildman–Crippen MR) is 78.7 cm³/mol. The quantitative estimate of drug-likeness (QED) is 0.832. The van der Waals surface area contributed by atoms with E-state index >= 15 is 0 Å². The number of nitrogens with two attached hydrogens (primary N) is 1. The zero-order valence-corrected chi connectivity index (χ0v) is 12.5. The van der Waals surface area contributed by atoms with Crippen molar-refractivity contribution in [1.82, 2.24) is 4.90 Å². The van der Waals surface area contributed by atoms with Gasteiger partial charge in [0.25, 0.3) is 0 Å². The van der Waals surface area contributed by atoms with Crippen molar-refractivity contribution < 1.29 is 0 Å². The molecule has 1 aliphatic heterocycles. The summed E-state index contributed by atoms with van der Waals surface area (Å²) in [6.07, 6.45) is 12.4. The summed E-state index contributed by atoms with van der Waals surface area (Å²) in [5.41, 5.74) is 6.59. The van der Waals surface area contributed by atoms with E-state index in [1.807, 2.05) is 0 Å². The highest BCUT2D eigenvalue weighted by atomic mass is 15.2. The Labute approximate surface area is 113 Å². The van der Waals surface area contributed by atoms with E-state index < -0.39 is 0 Å². The second-order valence-electron chi connectivity index (χ2n) is 6.73. The fourth-order valence-corrected chi connectivity index (χ4v) is 4.42. The molecule has 3 atom stereocenters. The van der Waals surface area contributed by atoms with Crippen LogP contribution in [0, 0.1) is 5.92 Å². The Bertz CT molecular complexity index is 253. The first-order valence-corrected chi connectivity index (χ1v) is 8.18. The minimum Gasteiger partial charge on any atom is -0.329 e. The first kappa shape index (κ1) is 14.3. The van der Waals surface area contributed by atoms with Crippen LogP contribution >= 0.6 is 0 Å². The van der Waals surface area contributed by atoms with Crippen LogP contribution in [0.25, 0.3) is 0 Å². The van der Waals surface area contributed by atoms with Crippen LogP contribution in [-0.4, -0.2) is 29.6 Å². The molecular weight excluding hydrogens is 220 g/mol.